The summed E-state index contributed by atoms with van der Waals surface area (Å²) in [5.41, 5.74) is 3.95. The van der Waals surface area contributed by atoms with Crippen LogP contribution in [0.4, 0.5) is 0 Å². The third-order valence-electron chi connectivity index (χ3n) is 2.92. The fraction of sp³-hybridized carbons (Fsp3) is 0.467. The van der Waals surface area contributed by atoms with Crippen molar-refractivity contribution >= 4 is 5.70 Å². The maximum atomic E-state index is 4.18. The fourth-order valence-corrected chi connectivity index (χ4v) is 2.12. The van der Waals surface area contributed by atoms with Crippen molar-refractivity contribution in [1.82, 2.24) is 4.90 Å². The molecule has 16 heavy (non-hydrogen) atoms. The lowest BCUT2D eigenvalue weighted by Gasteiger charge is -2.35. The van der Waals surface area contributed by atoms with Crippen molar-refractivity contribution in [2.24, 2.45) is 0 Å². The molecule has 0 N–H and O–H groups in total. The summed E-state index contributed by atoms with van der Waals surface area (Å²) in [6, 6.07) is 9.13. The van der Waals surface area contributed by atoms with Crippen LogP contribution in [-0.2, 0) is 6.42 Å². The first kappa shape index (κ1) is 12.8. The summed E-state index contributed by atoms with van der Waals surface area (Å²) in [5, 5.41) is 0. The lowest BCUT2D eigenvalue weighted by atomic mass is 9.96. The minimum atomic E-state index is 0.552. The highest BCUT2D eigenvalue weighted by atomic mass is 15.2. The van der Waals surface area contributed by atoms with Gasteiger partial charge in [0.05, 0.1) is 0 Å². The molecule has 0 unspecified atom stereocenters. The molecular weight excluding hydrogens is 194 g/mol. The van der Waals surface area contributed by atoms with Gasteiger partial charge in [-0.15, -0.1) is 0 Å². The second-order valence-electron chi connectivity index (χ2n) is 4.14. The Labute approximate surface area is 99.8 Å². The molecule has 0 spiro atoms. The Kier molecular flexibility index (Phi) is 4.60. The first-order chi connectivity index (χ1) is 7.70. The van der Waals surface area contributed by atoms with Crippen molar-refractivity contribution in [2.75, 3.05) is 6.54 Å². The lowest BCUT2D eigenvalue weighted by molar-refractivity contribution is 0.326. The molecule has 1 aliphatic heterocycles. The van der Waals surface area contributed by atoms with Gasteiger partial charge in [0.15, 0.2) is 0 Å². The van der Waals surface area contributed by atoms with Gasteiger partial charge in [0.1, 0.15) is 0 Å². The lowest BCUT2D eigenvalue weighted by Crippen LogP contribution is -2.34. The van der Waals surface area contributed by atoms with E-state index in [9.17, 15) is 0 Å². The molecule has 0 saturated heterocycles. The molecule has 1 nitrogen and oxygen atoms in total. The van der Waals surface area contributed by atoms with Gasteiger partial charge in [-0.1, -0.05) is 44.7 Å². The van der Waals surface area contributed by atoms with Gasteiger partial charge in [0.25, 0.3) is 0 Å². The quantitative estimate of drug-likeness (QED) is 0.688. The van der Waals surface area contributed by atoms with Crippen LogP contribution >= 0.6 is 0 Å². The van der Waals surface area contributed by atoms with Crippen molar-refractivity contribution in [3.63, 3.8) is 0 Å². The van der Waals surface area contributed by atoms with Crippen molar-refractivity contribution in [2.45, 2.75) is 40.2 Å². The monoisotopic (exact) mass is 217 g/mol. The van der Waals surface area contributed by atoms with E-state index in [0.29, 0.717) is 6.04 Å². The third-order valence-corrected chi connectivity index (χ3v) is 2.92. The summed E-state index contributed by atoms with van der Waals surface area (Å²) in [6.45, 7) is 13.7. The Morgan fingerprint density at radius 2 is 1.81 bits per heavy atom. The van der Waals surface area contributed by atoms with E-state index in [2.05, 4.69) is 49.6 Å². The highest BCUT2D eigenvalue weighted by molar-refractivity contribution is 5.66. The molecule has 0 aliphatic carbocycles. The zero-order chi connectivity index (χ0) is 12.1. The first-order valence-corrected chi connectivity index (χ1v) is 6.24. The number of hydrogen-bond donors (Lipinski definition) is 0. The van der Waals surface area contributed by atoms with E-state index < -0.39 is 0 Å². The number of hydrogen-bond acceptors (Lipinski definition) is 1. The van der Waals surface area contributed by atoms with Crippen molar-refractivity contribution in [3.8, 4) is 0 Å². The number of benzene rings is 1. The molecule has 0 amide bonds. The van der Waals surface area contributed by atoms with Crippen LogP contribution in [0.2, 0.25) is 0 Å². The molecule has 0 fully saturated rings. The van der Waals surface area contributed by atoms with Crippen LogP contribution in [0.15, 0.2) is 30.8 Å². The Bertz CT molecular complexity index is 352. The molecule has 1 heterocycles. The summed E-state index contributed by atoms with van der Waals surface area (Å²) in [7, 11) is 0. The van der Waals surface area contributed by atoms with Crippen molar-refractivity contribution < 1.29 is 0 Å². The van der Waals surface area contributed by atoms with Crippen LogP contribution in [0.3, 0.4) is 0 Å². The zero-order valence-corrected chi connectivity index (χ0v) is 11.0. The molecule has 88 valence electrons. The minimum Gasteiger partial charge on any atom is -0.369 e. The molecule has 2 rings (SSSR count). The van der Waals surface area contributed by atoms with Crippen molar-refractivity contribution in [1.29, 1.82) is 0 Å². The summed E-state index contributed by atoms with van der Waals surface area (Å²) in [6.07, 6.45) is 1.15. The van der Waals surface area contributed by atoms with Gasteiger partial charge in [-0.3, -0.25) is 0 Å². The van der Waals surface area contributed by atoms with Gasteiger partial charge in [0, 0.05) is 23.8 Å². The van der Waals surface area contributed by atoms with Crippen molar-refractivity contribution in [3.05, 3.63) is 42.0 Å². The maximum absolute atomic E-state index is 4.18. The Hall–Kier alpha value is -1.24. The van der Waals surface area contributed by atoms with Gasteiger partial charge < -0.3 is 4.90 Å². The van der Waals surface area contributed by atoms with E-state index in [-0.39, 0.29) is 0 Å². The molecule has 0 saturated carbocycles. The molecule has 1 aliphatic rings. The molecule has 0 aromatic heterocycles. The summed E-state index contributed by atoms with van der Waals surface area (Å²) in [4.78, 5) is 2.38. The highest BCUT2D eigenvalue weighted by Gasteiger charge is 2.20. The largest absolute Gasteiger partial charge is 0.369 e. The van der Waals surface area contributed by atoms with Gasteiger partial charge in [-0.05, 0) is 25.8 Å². The second-order valence-corrected chi connectivity index (χ2v) is 4.14. The topological polar surface area (TPSA) is 3.24 Å². The number of nitrogens with zero attached hydrogens (tertiary/aromatic N) is 1. The standard InChI is InChI=1S/C13H17N.C2H6/c1-10(2)14-9-8-12-6-4-5-7-13(12)11(14)3;1-2/h4-7,10H,3,8-9H2,1-2H3;1-2H3. The molecule has 1 aromatic rings. The predicted molar refractivity (Wildman–Crippen MR) is 72.4 cm³/mol. The predicted octanol–water partition coefficient (Wildman–Crippen LogP) is 3.95. The third kappa shape index (κ3) is 2.46. The first-order valence-electron chi connectivity index (χ1n) is 6.24. The summed E-state index contributed by atoms with van der Waals surface area (Å²) < 4.78 is 0. The fourth-order valence-electron chi connectivity index (χ4n) is 2.12. The average Bonchev–Trinajstić information content (AvgIpc) is 2.32. The van der Waals surface area contributed by atoms with E-state index in [0.717, 1.165) is 13.0 Å². The molecule has 1 heteroatoms. The van der Waals surface area contributed by atoms with Crippen LogP contribution in [0.1, 0.15) is 38.8 Å². The maximum Gasteiger partial charge on any atom is 0.0372 e. The Morgan fingerprint density at radius 1 is 1.19 bits per heavy atom. The van der Waals surface area contributed by atoms with Crippen LogP contribution in [0, 0.1) is 0 Å². The van der Waals surface area contributed by atoms with Crippen LogP contribution in [0.25, 0.3) is 5.70 Å². The van der Waals surface area contributed by atoms with Gasteiger partial charge >= 0.3 is 0 Å². The Balaban J connectivity index is 0.000000606. The number of rotatable bonds is 1. The van der Waals surface area contributed by atoms with Crippen LogP contribution in [0.5, 0.6) is 0 Å². The zero-order valence-electron chi connectivity index (χ0n) is 11.0. The van der Waals surface area contributed by atoms with Crippen LogP contribution in [-0.4, -0.2) is 17.5 Å². The normalized spacial score (nSPS) is 14.3. The number of fused-ring (bicyclic) bond motifs is 1. The van der Waals surface area contributed by atoms with Crippen LogP contribution < -0.4 is 0 Å². The second kappa shape index (κ2) is 5.74. The summed E-state index contributed by atoms with van der Waals surface area (Å²) in [5.74, 6) is 0. The smallest absolute Gasteiger partial charge is 0.0372 e. The van der Waals surface area contributed by atoms with E-state index in [1.165, 1.54) is 16.8 Å². The average molecular weight is 217 g/mol. The molecule has 0 radical (unpaired) electrons. The minimum absolute atomic E-state index is 0.552. The highest BCUT2D eigenvalue weighted by Crippen LogP contribution is 2.28. The van der Waals surface area contributed by atoms with E-state index in [1.807, 2.05) is 13.8 Å². The SMILES string of the molecule is C=C1c2ccccc2CCN1C(C)C.CC. The molecule has 0 atom stereocenters. The Morgan fingerprint density at radius 3 is 2.44 bits per heavy atom. The van der Waals surface area contributed by atoms with E-state index in [1.54, 1.807) is 0 Å². The summed E-state index contributed by atoms with van der Waals surface area (Å²) >= 11 is 0. The van der Waals surface area contributed by atoms with Gasteiger partial charge in [0.2, 0.25) is 0 Å². The molecule has 1 aromatic carbocycles. The molecular formula is C15H23N. The molecule has 0 bridgehead atoms. The van der Waals surface area contributed by atoms with E-state index >= 15 is 0 Å². The van der Waals surface area contributed by atoms with E-state index in [4.69, 9.17) is 0 Å². The van der Waals surface area contributed by atoms with Gasteiger partial charge in [-0.25, -0.2) is 0 Å². The van der Waals surface area contributed by atoms with Gasteiger partial charge in [-0.2, -0.15) is 0 Å².